The molecule has 0 aliphatic carbocycles. The maximum absolute atomic E-state index is 8.49. The van der Waals surface area contributed by atoms with Crippen molar-refractivity contribution in [3.8, 4) is 0 Å². The lowest BCUT2D eigenvalue weighted by Crippen LogP contribution is -2.68. The van der Waals surface area contributed by atoms with Gasteiger partial charge in [-0.15, -0.1) is 10.2 Å². The number of halogens is 1. The van der Waals surface area contributed by atoms with Crippen LogP contribution in [-0.2, 0) is 6.16 Å². The first-order chi connectivity index (χ1) is 7.08. The van der Waals surface area contributed by atoms with Crippen molar-refractivity contribution in [3.05, 3.63) is 35.9 Å². The van der Waals surface area contributed by atoms with E-state index in [1.54, 1.807) is 0 Å². The third-order valence-electron chi connectivity index (χ3n) is 1.50. The van der Waals surface area contributed by atoms with E-state index in [2.05, 4.69) is 50.3 Å². The Morgan fingerprint density at radius 3 is 1.62 bits per heavy atom. The molecule has 0 aliphatic heterocycles. The van der Waals surface area contributed by atoms with Gasteiger partial charge >= 0.3 is 0 Å². The van der Waals surface area contributed by atoms with E-state index in [1.165, 1.54) is 11.7 Å². The lowest BCUT2D eigenvalue weighted by molar-refractivity contribution is -2.00. The standard InChI is InChI=1S/C10H16P.ClHO4/c1-11(2,3)9-10-7-5-4-6-8-10;2-1(3,4)5/h4-8H,9H2,1-3H3;(H,2,3,4,5)/q+1;/p-1. The summed E-state index contributed by atoms with van der Waals surface area (Å²) in [6.07, 6.45) is 1.27. The molecule has 6 heteroatoms. The first kappa shape index (κ1) is 15.8. The molecule has 0 aliphatic rings. The van der Waals surface area contributed by atoms with Gasteiger partial charge < -0.3 is 0 Å². The monoisotopic (exact) mass is 266 g/mol. The first-order valence-corrected chi connectivity index (χ1v) is 9.09. The van der Waals surface area contributed by atoms with Crippen LogP contribution < -0.4 is 18.6 Å². The molecule has 0 amide bonds. The van der Waals surface area contributed by atoms with Gasteiger partial charge in [-0.2, -0.15) is 0 Å². The highest BCUT2D eigenvalue weighted by Gasteiger charge is 2.16. The van der Waals surface area contributed by atoms with Crippen molar-refractivity contribution >= 4 is 7.26 Å². The zero-order valence-corrected chi connectivity index (χ0v) is 11.2. The van der Waals surface area contributed by atoms with Crippen LogP contribution in [0.1, 0.15) is 5.56 Å². The average molecular weight is 267 g/mol. The third-order valence-corrected chi connectivity index (χ3v) is 2.81. The van der Waals surface area contributed by atoms with Crippen molar-refractivity contribution < 1.29 is 28.9 Å². The van der Waals surface area contributed by atoms with E-state index in [4.69, 9.17) is 18.6 Å². The molecule has 0 heterocycles. The van der Waals surface area contributed by atoms with Crippen LogP contribution in [0.3, 0.4) is 0 Å². The summed E-state index contributed by atoms with van der Waals surface area (Å²) in [6, 6.07) is 10.7. The molecule has 0 fully saturated rings. The Balaban J connectivity index is 0.000000385. The summed E-state index contributed by atoms with van der Waals surface area (Å²) in [7, 11) is -5.58. The summed E-state index contributed by atoms with van der Waals surface area (Å²) < 4.78 is 34.0. The van der Waals surface area contributed by atoms with Crippen LogP contribution in [0.2, 0.25) is 0 Å². The number of rotatable bonds is 2. The Morgan fingerprint density at radius 1 is 0.938 bits per heavy atom. The largest absolute Gasteiger partial charge is 0.222 e. The zero-order chi connectivity index (χ0) is 12.8. The summed E-state index contributed by atoms with van der Waals surface area (Å²) >= 11 is 0. The number of hydrogen-bond donors (Lipinski definition) is 0. The molecule has 4 nitrogen and oxygen atoms in total. The topological polar surface area (TPSA) is 92.2 Å². The molecule has 1 aromatic carbocycles. The van der Waals surface area contributed by atoms with Crippen molar-refractivity contribution in [1.29, 1.82) is 0 Å². The molecule has 0 N–H and O–H groups in total. The predicted octanol–water partition coefficient (Wildman–Crippen LogP) is -1.66. The van der Waals surface area contributed by atoms with E-state index < -0.39 is 17.5 Å². The highest BCUT2D eigenvalue weighted by molar-refractivity contribution is 7.72. The van der Waals surface area contributed by atoms with Gasteiger partial charge in [-0.25, -0.2) is 18.6 Å². The Hall–Kier alpha value is -0.220. The van der Waals surface area contributed by atoms with Crippen LogP contribution in [0, 0.1) is 10.2 Å². The Labute approximate surface area is 98.6 Å². The predicted molar refractivity (Wildman–Crippen MR) is 54.8 cm³/mol. The lowest BCUT2D eigenvalue weighted by Gasteiger charge is -2.17. The average Bonchev–Trinajstić information content (AvgIpc) is 1.99. The van der Waals surface area contributed by atoms with E-state index in [0.29, 0.717) is 0 Å². The molecule has 0 radical (unpaired) electrons. The fourth-order valence-electron chi connectivity index (χ4n) is 1.13. The summed E-state index contributed by atoms with van der Waals surface area (Å²) in [4.78, 5) is 0. The smallest absolute Gasteiger partial charge is 0.0834 e. The number of benzene rings is 1. The van der Waals surface area contributed by atoms with Gasteiger partial charge in [0.1, 0.15) is 0 Å². The highest BCUT2D eigenvalue weighted by atomic mass is 35.7. The molecule has 0 saturated carbocycles. The Morgan fingerprint density at radius 2 is 1.31 bits per heavy atom. The lowest BCUT2D eigenvalue weighted by atomic mass is 10.2. The van der Waals surface area contributed by atoms with E-state index >= 15 is 0 Å². The van der Waals surface area contributed by atoms with Gasteiger partial charge in [0, 0.05) is 27.3 Å². The van der Waals surface area contributed by atoms with Crippen LogP contribution in [0.5, 0.6) is 0 Å². The molecular formula is C10H16ClO4P. The highest BCUT2D eigenvalue weighted by Crippen LogP contribution is 2.49. The van der Waals surface area contributed by atoms with Gasteiger partial charge in [0.05, 0.1) is 6.16 Å². The van der Waals surface area contributed by atoms with Gasteiger partial charge in [0.2, 0.25) is 0 Å². The second-order valence-electron chi connectivity index (χ2n) is 4.31. The van der Waals surface area contributed by atoms with Gasteiger partial charge in [0.25, 0.3) is 0 Å². The SMILES string of the molecule is C[P+](C)(C)Cc1ccccc1.[O-][Cl+3]([O-])([O-])[O-]. The van der Waals surface area contributed by atoms with Gasteiger partial charge in [-0.05, 0) is 5.56 Å². The van der Waals surface area contributed by atoms with E-state index in [0.717, 1.165) is 0 Å². The molecule has 0 saturated heterocycles. The van der Waals surface area contributed by atoms with Crippen LogP contribution in [0.15, 0.2) is 30.3 Å². The van der Waals surface area contributed by atoms with Crippen LogP contribution in [0.25, 0.3) is 0 Å². The molecule has 0 aromatic heterocycles. The summed E-state index contributed by atoms with van der Waals surface area (Å²) in [5.41, 5.74) is 1.48. The van der Waals surface area contributed by atoms with Gasteiger partial charge in [0.15, 0.2) is 0 Å². The van der Waals surface area contributed by atoms with Crippen LogP contribution in [0.4, 0.5) is 0 Å². The summed E-state index contributed by atoms with van der Waals surface area (Å²) in [5.74, 6) is 0. The molecule has 0 bridgehead atoms. The normalized spacial score (nSPS) is 11.7. The molecule has 16 heavy (non-hydrogen) atoms. The fourth-order valence-corrected chi connectivity index (χ4v) is 2.44. The van der Waals surface area contributed by atoms with Crippen LogP contribution in [-0.4, -0.2) is 20.0 Å². The van der Waals surface area contributed by atoms with E-state index in [9.17, 15) is 0 Å². The molecule has 1 aromatic rings. The summed E-state index contributed by atoms with van der Waals surface area (Å²) in [5, 5.41) is 0. The van der Waals surface area contributed by atoms with Crippen LogP contribution >= 0.6 is 7.26 Å². The van der Waals surface area contributed by atoms with E-state index in [1.807, 2.05) is 0 Å². The second kappa shape index (κ2) is 6.50. The maximum atomic E-state index is 8.49. The van der Waals surface area contributed by atoms with Crippen molar-refractivity contribution in [2.24, 2.45) is 0 Å². The van der Waals surface area contributed by atoms with E-state index in [-0.39, 0.29) is 0 Å². The Kier molecular flexibility index (Phi) is 6.41. The first-order valence-electron chi connectivity index (χ1n) is 4.54. The minimum atomic E-state index is -4.94. The second-order valence-corrected chi connectivity index (χ2v) is 9.96. The van der Waals surface area contributed by atoms with Gasteiger partial charge in [-0.3, -0.25) is 0 Å². The molecule has 92 valence electrons. The molecular weight excluding hydrogens is 251 g/mol. The maximum Gasteiger partial charge on any atom is 0.0834 e. The molecule has 0 spiro atoms. The fraction of sp³-hybridized carbons (Fsp3) is 0.400. The zero-order valence-electron chi connectivity index (χ0n) is 9.55. The van der Waals surface area contributed by atoms with Crippen molar-refractivity contribution in [3.63, 3.8) is 0 Å². The number of hydrogen-bond acceptors (Lipinski definition) is 4. The molecule has 1 rings (SSSR count). The van der Waals surface area contributed by atoms with Crippen molar-refractivity contribution in [1.82, 2.24) is 0 Å². The third kappa shape index (κ3) is 13.8. The van der Waals surface area contributed by atoms with Crippen molar-refractivity contribution in [2.75, 3.05) is 20.0 Å². The Bertz CT molecular complexity index is 286. The van der Waals surface area contributed by atoms with Crippen molar-refractivity contribution in [2.45, 2.75) is 6.16 Å². The van der Waals surface area contributed by atoms with Gasteiger partial charge in [-0.1, -0.05) is 30.3 Å². The minimum Gasteiger partial charge on any atom is -0.222 e. The molecule has 0 unspecified atom stereocenters. The summed E-state index contributed by atoms with van der Waals surface area (Å²) in [6.45, 7) is 7.12. The minimum absolute atomic E-state index is 0.638. The quantitative estimate of drug-likeness (QED) is 0.599. The molecule has 0 atom stereocenters.